The van der Waals surface area contributed by atoms with Gasteiger partial charge in [-0.3, -0.25) is 9.59 Å². The number of morpholine rings is 1. The van der Waals surface area contributed by atoms with Crippen LogP contribution in [0.2, 0.25) is 5.02 Å². The minimum absolute atomic E-state index is 0.0100. The summed E-state index contributed by atoms with van der Waals surface area (Å²) in [6, 6.07) is 5.99. The van der Waals surface area contributed by atoms with Crippen molar-refractivity contribution >= 4 is 55.7 Å². The maximum atomic E-state index is 13.7. The monoisotopic (exact) mass is 607 g/mol. The van der Waals surface area contributed by atoms with Gasteiger partial charge in [-0.2, -0.15) is 4.31 Å². The van der Waals surface area contributed by atoms with E-state index in [-0.39, 0.29) is 42.9 Å². The number of ether oxygens (including phenoxy) is 1. The van der Waals surface area contributed by atoms with E-state index in [2.05, 4.69) is 9.97 Å². The molecule has 4 heterocycles. The van der Waals surface area contributed by atoms with Gasteiger partial charge in [0.2, 0.25) is 5.91 Å². The number of sulfonamides is 1. The van der Waals surface area contributed by atoms with Crippen LogP contribution in [0.3, 0.4) is 0 Å². The maximum Gasteiger partial charge on any atom is 0.283 e. The number of rotatable bonds is 5. The minimum Gasteiger partial charge on any atom is -0.393 e. The Kier molecular flexibility index (Phi) is 7.61. The standard InChI is InChI=1S/C26H30ClN5O6S2/c27-17-1-3-20-16(11-17)12-23(28-20)40(36,37)31-5-6-32(18(15-31)13-24(34)30-7-9-38-10-8-30)26(35)25-29-21-4-2-19(33)14-22(21)39-25/h1,3,11-12,18-19,28,33H,2,4-10,13-15H2. The first kappa shape index (κ1) is 27.6. The average molecular weight is 608 g/mol. The quantitative estimate of drug-likeness (QED) is 0.452. The molecule has 2 amide bonds. The Morgan fingerprint density at radius 2 is 1.98 bits per heavy atom. The first-order chi connectivity index (χ1) is 19.2. The molecule has 11 nitrogen and oxygen atoms in total. The average Bonchev–Trinajstić information content (AvgIpc) is 3.57. The van der Waals surface area contributed by atoms with E-state index in [1.165, 1.54) is 15.6 Å². The van der Waals surface area contributed by atoms with Crippen molar-refractivity contribution in [2.75, 3.05) is 45.9 Å². The van der Waals surface area contributed by atoms with Crippen LogP contribution in [0.4, 0.5) is 0 Å². The van der Waals surface area contributed by atoms with Crippen molar-refractivity contribution < 1.29 is 27.9 Å². The van der Waals surface area contributed by atoms with Gasteiger partial charge >= 0.3 is 0 Å². The van der Waals surface area contributed by atoms with Crippen molar-refractivity contribution in [3.8, 4) is 0 Å². The molecule has 0 bridgehead atoms. The summed E-state index contributed by atoms with van der Waals surface area (Å²) in [7, 11) is -3.94. The van der Waals surface area contributed by atoms with Crippen LogP contribution < -0.4 is 0 Å². The van der Waals surface area contributed by atoms with Crippen molar-refractivity contribution in [3.63, 3.8) is 0 Å². The summed E-state index contributed by atoms with van der Waals surface area (Å²) in [4.78, 5) is 38.7. The second-order valence-corrected chi connectivity index (χ2v) is 13.8. The number of H-pyrrole nitrogens is 1. The number of nitrogens with zero attached hydrogens (tertiary/aromatic N) is 4. The highest BCUT2D eigenvalue weighted by atomic mass is 35.5. The third-order valence-electron chi connectivity index (χ3n) is 7.75. The van der Waals surface area contributed by atoms with Gasteiger partial charge in [0.25, 0.3) is 15.9 Å². The zero-order valence-corrected chi connectivity index (χ0v) is 24.1. The lowest BCUT2D eigenvalue weighted by atomic mass is 10.0. The number of halogens is 1. The van der Waals surface area contributed by atoms with Crippen LogP contribution in [0.1, 0.15) is 33.2 Å². The molecular formula is C26H30ClN5O6S2. The zero-order chi connectivity index (χ0) is 28.0. The van der Waals surface area contributed by atoms with E-state index in [1.54, 1.807) is 34.1 Å². The lowest BCUT2D eigenvalue weighted by Gasteiger charge is -2.41. The van der Waals surface area contributed by atoms with E-state index in [9.17, 15) is 23.1 Å². The van der Waals surface area contributed by atoms with Crippen molar-refractivity contribution in [1.82, 2.24) is 24.1 Å². The number of aryl methyl sites for hydroxylation is 1. The Bertz CT molecular complexity index is 1550. The predicted molar refractivity (Wildman–Crippen MR) is 149 cm³/mol. The number of carbonyl (C=O) groups excluding carboxylic acids is 2. The molecule has 3 aromatic rings. The molecule has 0 radical (unpaired) electrons. The number of hydrogen-bond donors (Lipinski definition) is 2. The summed E-state index contributed by atoms with van der Waals surface area (Å²) in [5.41, 5.74) is 1.48. The molecule has 0 saturated carbocycles. The fraction of sp³-hybridized carbons (Fsp3) is 0.500. The van der Waals surface area contributed by atoms with Crippen molar-refractivity contribution in [3.05, 3.63) is 44.9 Å². The smallest absolute Gasteiger partial charge is 0.283 e. The summed E-state index contributed by atoms with van der Waals surface area (Å²) < 4.78 is 34.1. The molecular weight excluding hydrogens is 578 g/mol. The van der Waals surface area contributed by atoms with Gasteiger partial charge in [-0.1, -0.05) is 11.6 Å². The van der Waals surface area contributed by atoms with E-state index < -0.39 is 22.2 Å². The first-order valence-electron chi connectivity index (χ1n) is 13.3. The van der Waals surface area contributed by atoms with Gasteiger partial charge in [0.1, 0.15) is 5.03 Å². The van der Waals surface area contributed by atoms with Crippen LogP contribution in [-0.4, -0.2) is 107 Å². The van der Waals surface area contributed by atoms with Crippen molar-refractivity contribution in [2.24, 2.45) is 0 Å². The molecule has 2 aliphatic heterocycles. The van der Waals surface area contributed by atoms with Crippen molar-refractivity contribution in [1.29, 1.82) is 0 Å². The molecule has 0 spiro atoms. The van der Waals surface area contributed by atoms with Gasteiger partial charge in [0, 0.05) is 66.4 Å². The normalized spacial score (nSPS) is 22.4. The molecule has 1 aliphatic carbocycles. The van der Waals surface area contributed by atoms with Crippen molar-refractivity contribution in [2.45, 2.75) is 42.9 Å². The van der Waals surface area contributed by atoms with Crippen LogP contribution in [0.25, 0.3) is 10.9 Å². The Morgan fingerprint density at radius 1 is 1.18 bits per heavy atom. The third-order valence-corrected chi connectivity index (χ3v) is 10.9. The van der Waals surface area contributed by atoms with E-state index in [0.717, 1.165) is 10.6 Å². The van der Waals surface area contributed by atoms with E-state index in [4.69, 9.17) is 16.3 Å². The van der Waals surface area contributed by atoms with Gasteiger partial charge in [0.15, 0.2) is 5.01 Å². The summed E-state index contributed by atoms with van der Waals surface area (Å²) in [5.74, 6) is -0.460. The lowest BCUT2D eigenvalue weighted by molar-refractivity contribution is -0.136. The fourth-order valence-electron chi connectivity index (χ4n) is 5.56. The number of nitrogens with one attached hydrogen (secondary N) is 1. The summed E-state index contributed by atoms with van der Waals surface area (Å²) in [6.45, 7) is 1.99. The Balaban J connectivity index is 1.27. The molecule has 2 atom stereocenters. The molecule has 6 rings (SSSR count). The highest BCUT2D eigenvalue weighted by molar-refractivity contribution is 7.89. The molecule has 2 fully saturated rings. The molecule has 1 aromatic carbocycles. The Morgan fingerprint density at radius 3 is 2.77 bits per heavy atom. The number of hydrogen-bond acceptors (Lipinski definition) is 8. The number of aromatic nitrogens is 2. The minimum atomic E-state index is -3.94. The predicted octanol–water partition coefficient (Wildman–Crippen LogP) is 1.89. The van der Waals surface area contributed by atoms with Gasteiger partial charge in [0.05, 0.1) is 31.1 Å². The van der Waals surface area contributed by atoms with Crippen LogP contribution in [-0.2, 0) is 32.4 Å². The van der Waals surface area contributed by atoms with Crippen LogP contribution >= 0.6 is 22.9 Å². The third kappa shape index (κ3) is 5.38. The van der Waals surface area contributed by atoms with Gasteiger partial charge in [-0.25, -0.2) is 13.4 Å². The summed E-state index contributed by atoms with van der Waals surface area (Å²) in [5, 5.41) is 11.6. The number of carbonyl (C=O) groups is 2. The Hall–Kier alpha value is -2.55. The maximum absolute atomic E-state index is 13.7. The number of aliphatic hydroxyl groups is 1. The largest absolute Gasteiger partial charge is 0.393 e. The zero-order valence-electron chi connectivity index (χ0n) is 21.7. The highest BCUT2D eigenvalue weighted by Gasteiger charge is 2.40. The number of amides is 2. The molecule has 2 aromatic heterocycles. The van der Waals surface area contributed by atoms with Gasteiger partial charge in [-0.05, 0) is 37.1 Å². The topological polar surface area (TPSA) is 136 Å². The molecule has 40 heavy (non-hydrogen) atoms. The number of aromatic amines is 1. The lowest BCUT2D eigenvalue weighted by Crippen LogP contribution is -2.58. The fourth-order valence-corrected chi connectivity index (χ4v) is 8.36. The van der Waals surface area contributed by atoms with Gasteiger partial charge < -0.3 is 24.6 Å². The van der Waals surface area contributed by atoms with E-state index in [1.807, 2.05) is 0 Å². The molecule has 2 N–H and O–H groups in total. The number of fused-ring (bicyclic) bond motifs is 2. The molecule has 2 saturated heterocycles. The molecule has 3 aliphatic rings. The molecule has 14 heteroatoms. The van der Waals surface area contributed by atoms with Crippen LogP contribution in [0.5, 0.6) is 0 Å². The summed E-state index contributed by atoms with van der Waals surface area (Å²) >= 11 is 7.36. The number of piperazine rings is 1. The van der Waals surface area contributed by atoms with E-state index in [0.29, 0.717) is 66.5 Å². The second kappa shape index (κ2) is 11.0. The molecule has 2 unspecified atom stereocenters. The SMILES string of the molecule is O=C(CC1CN(S(=O)(=O)c2cc3cc(Cl)ccc3[nH]2)CCN1C(=O)c1nc2c(s1)CC(O)CC2)N1CCOCC1. The molecule has 214 valence electrons. The first-order valence-corrected chi connectivity index (χ1v) is 15.9. The Labute approximate surface area is 240 Å². The highest BCUT2D eigenvalue weighted by Crippen LogP contribution is 2.30. The second-order valence-electron chi connectivity index (χ2n) is 10.4. The number of aliphatic hydroxyl groups excluding tert-OH is 1. The summed E-state index contributed by atoms with van der Waals surface area (Å²) in [6.07, 6.45) is 1.24. The number of benzene rings is 1. The van der Waals surface area contributed by atoms with Gasteiger partial charge in [-0.15, -0.1) is 11.3 Å². The van der Waals surface area contributed by atoms with Crippen LogP contribution in [0, 0.1) is 0 Å². The number of thiazole rings is 1. The van der Waals surface area contributed by atoms with Crippen LogP contribution in [0.15, 0.2) is 29.3 Å². The van der Waals surface area contributed by atoms with E-state index >= 15 is 0 Å².